The van der Waals surface area contributed by atoms with Crippen molar-refractivity contribution in [2.45, 2.75) is 33.6 Å². The van der Waals surface area contributed by atoms with E-state index in [2.05, 4.69) is 36.5 Å². The molecule has 6 heteroatoms. The lowest BCUT2D eigenvalue weighted by Gasteiger charge is -2.10. The number of furan rings is 1. The summed E-state index contributed by atoms with van der Waals surface area (Å²) in [5.41, 5.74) is 6.49. The smallest absolute Gasteiger partial charge is 0.338 e. The summed E-state index contributed by atoms with van der Waals surface area (Å²) in [5.74, 6) is -0.0394. The fourth-order valence-electron chi connectivity index (χ4n) is 4.02. The van der Waals surface area contributed by atoms with Gasteiger partial charge in [0.15, 0.2) is 0 Å². The molecule has 0 saturated heterocycles. The molecule has 190 valence electrons. The van der Waals surface area contributed by atoms with Gasteiger partial charge in [0.05, 0.1) is 25.5 Å². The summed E-state index contributed by atoms with van der Waals surface area (Å²) in [6.45, 7) is 6.36. The Morgan fingerprint density at radius 2 is 1.76 bits per heavy atom. The topological polar surface area (TPSA) is 77.8 Å². The van der Waals surface area contributed by atoms with Crippen LogP contribution in [0.25, 0.3) is 27.7 Å². The zero-order chi connectivity index (χ0) is 26.4. The van der Waals surface area contributed by atoms with Crippen LogP contribution in [0.4, 0.5) is 5.69 Å². The first-order chi connectivity index (χ1) is 17.9. The van der Waals surface area contributed by atoms with E-state index in [0.717, 1.165) is 40.5 Å². The Morgan fingerprint density at radius 1 is 1.03 bits per heavy atom. The van der Waals surface area contributed by atoms with Gasteiger partial charge in [-0.1, -0.05) is 43.2 Å². The molecule has 4 rings (SSSR count). The maximum absolute atomic E-state index is 12.8. The van der Waals surface area contributed by atoms with Gasteiger partial charge in [0.25, 0.3) is 0 Å². The highest BCUT2D eigenvalue weighted by molar-refractivity contribution is 6.05. The van der Waals surface area contributed by atoms with E-state index in [1.807, 2.05) is 26.0 Å². The van der Waals surface area contributed by atoms with Gasteiger partial charge < -0.3 is 19.2 Å². The highest BCUT2D eigenvalue weighted by Crippen LogP contribution is 2.37. The van der Waals surface area contributed by atoms with Crippen molar-refractivity contribution in [3.05, 3.63) is 89.7 Å². The Balaban J connectivity index is 1.54. The zero-order valence-corrected chi connectivity index (χ0v) is 21.6. The first-order valence-electron chi connectivity index (χ1n) is 12.3. The molecule has 0 spiro atoms. The molecule has 1 aromatic heterocycles. The predicted molar refractivity (Wildman–Crippen MR) is 147 cm³/mol. The second-order valence-electron chi connectivity index (χ2n) is 8.95. The number of esters is 1. The average Bonchev–Trinajstić information content (AvgIpc) is 3.31. The first kappa shape index (κ1) is 25.8. The van der Waals surface area contributed by atoms with E-state index < -0.39 is 0 Å². The minimum atomic E-state index is -0.367. The Labute approximate surface area is 216 Å². The molecule has 4 aromatic rings. The van der Waals surface area contributed by atoms with Crippen LogP contribution < -0.4 is 10.1 Å². The molecule has 0 saturated carbocycles. The number of unbranched alkanes of at least 4 members (excludes halogenated alkanes) is 1. The fourth-order valence-corrected chi connectivity index (χ4v) is 4.02. The molecule has 0 radical (unpaired) electrons. The van der Waals surface area contributed by atoms with Crippen LogP contribution in [-0.4, -0.2) is 25.6 Å². The quantitative estimate of drug-likeness (QED) is 0.148. The van der Waals surface area contributed by atoms with Crippen LogP contribution >= 0.6 is 0 Å². The highest BCUT2D eigenvalue weighted by atomic mass is 16.5. The van der Waals surface area contributed by atoms with Gasteiger partial charge in [-0.3, -0.25) is 4.79 Å². The average molecular weight is 498 g/mol. The van der Waals surface area contributed by atoms with E-state index in [9.17, 15) is 9.59 Å². The molecule has 0 unspecified atom stereocenters. The minimum absolute atomic E-state index is 0.288. The maximum Gasteiger partial charge on any atom is 0.338 e. The van der Waals surface area contributed by atoms with Crippen LogP contribution in [0, 0.1) is 6.92 Å². The van der Waals surface area contributed by atoms with Crippen molar-refractivity contribution in [2.24, 2.45) is 0 Å². The summed E-state index contributed by atoms with van der Waals surface area (Å²) < 4.78 is 16.6. The summed E-state index contributed by atoms with van der Waals surface area (Å²) in [6.07, 6.45) is 5.06. The number of anilines is 1. The number of benzene rings is 3. The lowest BCUT2D eigenvalue weighted by atomic mass is 9.99. The number of rotatable bonds is 9. The van der Waals surface area contributed by atoms with Gasteiger partial charge in [-0.05, 0) is 61.7 Å². The van der Waals surface area contributed by atoms with Gasteiger partial charge in [0.2, 0.25) is 5.91 Å². The molecule has 0 aliphatic rings. The molecule has 1 amide bonds. The third-order valence-electron chi connectivity index (χ3n) is 6.15. The molecule has 0 atom stereocenters. The second-order valence-corrected chi connectivity index (χ2v) is 8.95. The van der Waals surface area contributed by atoms with Gasteiger partial charge in [-0.2, -0.15) is 0 Å². The van der Waals surface area contributed by atoms with Gasteiger partial charge in [-0.15, -0.1) is 0 Å². The highest BCUT2D eigenvalue weighted by Gasteiger charge is 2.15. The summed E-state index contributed by atoms with van der Waals surface area (Å²) in [7, 11) is 1.59. The molecule has 1 heterocycles. The van der Waals surface area contributed by atoms with Crippen LogP contribution in [0.15, 0.2) is 77.4 Å². The number of carbonyl (C=O) groups is 2. The number of hydrogen-bond acceptors (Lipinski definition) is 5. The van der Waals surface area contributed by atoms with E-state index >= 15 is 0 Å². The van der Waals surface area contributed by atoms with E-state index in [0.29, 0.717) is 29.2 Å². The van der Waals surface area contributed by atoms with Gasteiger partial charge in [-0.25, -0.2) is 4.79 Å². The molecule has 3 aromatic carbocycles. The lowest BCUT2D eigenvalue weighted by molar-refractivity contribution is -0.111. The Bertz CT molecular complexity index is 1430. The number of fused-ring (bicyclic) bond motifs is 1. The number of allylic oxidation sites excluding steroid dienone is 1. The van der Waals surface area contributed by atoms with Crippen LogP contribution in [-0.2, 0) is 9.53 Å². The number of carbonyl (C=O) groups excluding carboxylic acids is 2. The minimum Gasteiger partial charge on any atom is -0.496 e. The number of hydrogen-bond donors (Lipinski definition) is 1. The van der Waals surface area contributed by atoms with Crippen molar-refractivity contribution in [1.82, 2.24) is 0 Å². The van der Waals surface area contributed by atoms with Crippen molar-refractivity contribution >= 4 is 34.1 Å². The first-order valence-corrected chi connectivity index (χ1v) is 12.3. The Morgan fingerprint density at radius 3 is 2.43 bits per heavy atom. The van der Waals surface area contributed by atoms with Gasteiger partial charge in [0.1, 0.15) is 11.3 Å². The monoisotopic (exact) mass is 497 g/mol. The van der Waals surface area contributed by atoms with Gasteiger partial charge >= 0.3 is 5.97 Å². The fraction of sp³-hybridized carbons (Fsp3) is 0.226. The normalized spacial score (nSPS) is 11.4. The Hall–Kier alpha value is -4.32. The molecular formula is C31H31NO5. The van der Waals surface area contributed by atoms with Crippen molar-refractivity contribution in [2.75, 3.05) is 19.0 Å². The Kier molecular flexibility index (Phi) is 8.08. The molecule has 0 aliphatic carbocycles. The van der Waals surface area contributed by atoms with E-state index in [4.69, 9.17) is 13.9 Å². The summed E-state index contributed by atoms with van der Waals surface area (Å²) in [5, 5.41) is 3.79. The molecule has 0 fully saturated rings. The van der Waals surface area contributed by atoms with Crippen molar-refractivity contribution in [1.29, 1.82) is 0 Å². The number of amides is 1. The van der Waals surface area contributed by atoms with Crippen LogP contribution in [0.2, 0.25) is 0 Å². The number of ether oxygens (including phenoxy) is 2. The standard InChI is InChI=1S/C31H31NO5/c1-5-6-15-36-31(34)23-11-13-24(14-12-23)32-30(33)16-21(3)25-17-26-27(22-9-7-20(2)8-10-22)19-37-29(26)18-28(25)35-4/h7-14,16-19H,5-6,15H2,1-4H3,(H,32,33)/b21-16+. The SMILES string of the molecule is CCCCOC(=O)c1ccc(NC(=O)/C=C(\C)c2cc3c(-c4ccc(C)cc4)coc3cc2OC)cc1. The van der Waals surface area contributed by atoms with Crippen molar-refractivity contribution in [3.8, 4) is 16.9 Å². The number of aryl methyl sites for hydroxylation is 1. The maximum atomic E-state index is 12.8. The molecular weight excluding hydrogens is 466 g/mol. The van der Waals surface area contributed by atoms with E-state index in [1.165, 1.54) is 11.6 Å². The molecule has 0 aliphatic heterocycles. The zero-order valence-electron chi connectivity index (χ0n) is 21.6. The van der Waals surface area contributed by atoms with Crippen LogP contribution in [0.5, 0.6) is 5.75 Å². The second kappa shape index (κ2) is 11.6. The number of methoxy groups -OCH3 is 1. The third-order valence-corrected chi connectivity index (χ3v) is 6.15. The van der Waals surface area contributed by atoms with Crippen LogP contribution in [0.1, 0.15) is 48.2 Å². The predicted octanol–water partition coefficient (Wildman–Crippen LogP) is 7.42. The molecule has 1 N–H and O–H groups in total. The van der Waals surface area contributed by atoms with E-state index in [1.54, 1.807) is 37.6 Å². The third kappa shape index (κ3) is 6.09. The molecule has 37 heavy (non-hydrogen) atoms. The molecule has 6 nitrogen and oxygen atoms in total. The van der Waals surface area contributed by atoms with Crippen molar-refractivity contribution < 1.29 is 23.5 Å². The van der Waals surface area contributed by atoms with E-state index in [-0.39, 0.29) is 11.9 Å². The summed E-state index contributed by atoms with van der Waals surface area (Å²) in [6, 6.07) is 18.7. The molecule has 0 bridgehead atoms. The van der Waals surface area contributed by atoms with Crippen LogP contribution in [0.3, 0.4) is 0 Å². The lowest BCUT2D eigenvalue weighted by Crippen LogP contribution is -2.10. The van der Waals surface area contributed by atoms with Gasteiger partial charge in [0, 0.05) is 34.3 Å². The number of nitrogens with one attached hydrogen (secondary N) is 1. The summed E-state index contributed by atoms with van der Waals surface area (Å²) >= 11 is 0. The summed E-state index contributed by atoms with van der Waals surface area (Å²) in [4.78, 5) is 24.9. The van der Waals surface area contributed by atoms with Crippen molar-refractivity contribution in [3.63, 3.8) is 0 Å². The largest absolute Gasteiger partial charge is 0.496 e.